The lowest BCUT2D eigenvalue weighted by Gasteiger charge is -2.27. The van der Waals surface area contributed by atoms with Gasteiger partial charge in [-0.2, -0.15) is 0 Å². The quantitative estimate of drug-likeness (QED) is 0.649. The normalized spacial score (nSPS) is 16.5. The number of para-hydroxylation sites is 1. The molecule has 114 valence electrons. The van der Waals surface area contributed by atoms with E-state index in [2.05, 4.69) is 5.32 Å². The van der Waals surface area contributed by atoms with Gasteiger partial charge in [0.25, 0.3) is 5.69 Å². The van der Waals surface area contributed by atoms with Crippen LogP contribution in [-0.4, -0.2) is 48.6 Å². The number of hydrogen-bond acceptors (Lipinski definition) is 5. The second-order valence-corrected chi connectivity index (χ2v) is 4.91. The van der Waals surface area contributed by atoms with Crippen LogP contribution in [0.25, 0.3) is 0 Å². The van der Waals surface area contributed by atoms with E-state index < -0.39 is 4.92 Å². The van der Waals surface area contributed by atoms with Crippen LogP contribution in [-0.2, 0) is 9.53 Å². The first-order valence-electron chi connectivity index (χ1n) is 6.92. The number of ether oxygens (including phenoxy) is 1. The highest BCUT2D eigenvalue weighted by Crippen LogP contribution is 2.24. The Morgan fingerprint density at radius 2 is 2.10 bits per heavy atom. The molecule has 0 bridgehead atoms. The summed E-state index contributed by atoms with van der Waals surface area (Å²) in [5, 5.41) is 14.1. The second-order valence-electron chi connectivity index (χ2n) is 4.91. The van der Waals surface area contributed by atoms with Crippen molar-refractivity contribution in [3.05, 3.63) is 39.9 Å². The van der Waals surface area contributed by atoms with E-state index in [-0.39, 0.29) is 24.2 Å². The van der Waals surface area contributed by atoms with Crippen molar-refractivity contribution in [2.75, 3.05) is 32.8 Å². The van der Waals surface area contributed by atoms with Crippen LogP contribution in [0.5, 0.6) is 0 Å². The van der Waals surface area contributed by atoms with Crippen molar-refractivity contribution < 1.29 is 14.5 Å². The first kappa shape index (κ1) is 15.4. The molecule has 0 saturated carbocycles. The maximum atomic E-state index is 12.0. The summed E-state index contributed by atoms with van der Waals surface area (Å²) in [6.45, 7) is 4.29. The molecular formula is C14H19N3O4. The number of nitro benzene ring substituents is 1. The molecule has 21 heavy (non-hydrogen) atoms. The van der Waals surface area contributed by atoms with Crippen LogP contribution >= 0.6 is 0 Å². The van der Waals surface area contributed by atoms with Gasteiger partial charge in [0, 0.05) is 30.8 Å². The number of morpholine rings is 1. The summed E-state index contributed by atoms with van der Waals surface area (Å²) in [6, 6.07) is 6.29. The molecule has 1 aliphatic heterocycles. The third-order valence-electron chi connectivity index (χ3n) is 3.52. The Kier molecular flexibility index (Phi) is 5.24. The summed E-state index contributed by atoms with van der Waals surface area (Å²) in [4.78, 5) is 24.4. The van der Waals surface area contributed by atoms with E-state index in [0.29, 0.717) is 31.9 Å². The van der Waals surface area contributed by atoms with Crippen LogP contribution in [0.4, 0.5) is 5.69 Å². The molecule has 1 aromatic rings. The number of amides is 1. The minimum Gasteiger partial charge on any atom is -0.378 e. The predicted molar refractivity (Wildman–Crippen MR) is 76.9 cm³/mol. The summed E-state index contributed by atoms with van der Waals surface area (Å²) in [5.41, 5.74) is 0.647. The molecule has 1 amide bonds. The Labute approximate surface area is 123 Å². The number of nitrogens with one attached hydrogen (secondary N) is 1. The highest BCUT2D eigenvalue weighted by Gasteiger charge is 2.20. The number of carbonyl (C=O) groups excluding carboxylic acids is 1. The zero-order chi connectivity index (χ0) is 15.2. The van der Waals surface area contributed by atoms with Gasteiger partial charge in [0.05, 0.1) is 24.7 Å². The van der Waals surface area contributed by atoms with E-state index >= 15 is 0 Å². The Balaban J connectivity index is 1.94. The number of hydrogen-bond donors (Lipinski definition) is 1. The fraction of sp³-hybridized carbons (Fsp3) is 0.500. The van der Waals surface area contributed by atoms with Gasteiger partial charge in [-0.05, 0) is 6.92 Å². The Morgan fingerprint density at radius 3 is 2.76 bits per heavy atom. The molecule has 1 saturated heterocycles. The van der Waals surface area contributed by atoms with Crippen molar-refractivity contribution in [1.29, 1.82) is 0 Å². The topological polar surface area (TPSA) is 84.7 Å². The molecule has 1 heterocycles. The summed E-state index contributed by atoms with van der Waals surface area (Å²) in [6.07, 6.45) is 0. The van der Waals surface area contributed by atoms with Crippen molar-refractivity contribution in [2.24, 2.45) is 0 Å². The summed E-state index contributed by atoms with van der Waals surface area (Å²) >= 11 is 0. The molecule has 7 nitrogen and oxygen atoms in total. The molecule has 1 fully saturated rings. The molecule has 1 aromatic carbocycles. The summed E-state index contributed by atoms with van der Waals surface area (Å²) in [5.74, 6) is -0.0104. The molecule has 7 heteroatoms. The molecule has 1 N–H and O–H groups in total. The third kappa shape index (κ3) is 3.99. The van der Waals surface area contributed by atoms with Crippen LogP contribution < -0.4 is 5.32 Å². The minimum atomic E-state index is -0.405. The van der Waals surface area contributed by atoms with E-state index in [4.69, 9.17) is 4.74 Å². The van der Waals surface area contributed by atoms with Crippen LogP contribution in [0.15, 0.2) is 24.3 Å². The number of benzene rings is 1. The van der Waals surface area contributed by atoms with Crippen molar-refractivity contribution in [1.82, 2.24) is 10.2 Å². The fourth-order valence-electron chi connectivity index (χ4n) is 2.29. The first-order chi connectivity index (χ1) is 10.1. The van der Waals surface area contributed by atoms with Gasteiger partial charge in [-0.25, -0.2) is 0 Å². The van der Waals surface area contributed by atoms with Gasteiger partial charge < -0.3 is 15.0 Å². The van der Waals surface area contributed by atoms with Crippen LogP contribution in [0, 0.1) is 10.1 Å². The SMILES string of the molecule is C[C@@H](NCC(=O)N1CCOCC1)c1ccccc1[N+](=O)[O-]. The van der Waals surface area contributed by atoms with Crippen molar-refractivity contribution >= 4 is 11.6 Å². The highest BCUT2D eigenvalue weighted by molar-refractivity contribution is 5.78. The third-order valence-corrected chi connectivity index (χ3v) is 3.52. The van der Waals surface area contributed by atoms with Crippen LogP contribution in [0.1, 0.15) is 18.5 Å². The van der Waals surface area contributed by atoms with Crippen molar-refractivity contribution in [2.45, 2.75) is 13.0 Å². The van der Waals surface area contributed by atoms with Crippen molar-refractivity contribution in [3.63, 3.8) is 0 Å². The molecule has 0 aliphatic carbocycles. The Morgan fingerprint density at radius 1 is 1.43 bits per heavy atom. The molecule has 0 radical (unpaired) electrons. The maximum Gasteiger partial charge on any atom is 0.274 e. The van der Waals surface area contributed by atoms with Crippen LogP contribution in [0.3, 0.4) is 0 Å². The van der Waals surface area contributed by atoms with Gasteiger partial charge in [0.1, 0.15) is 0 Å². The molecule has 0 aromatic heterocycles. The zero-order valence-electron chi connectivity index (χ0n) is 11.9. The van der Waals surface area contributed by atoms with Gasteiger partial charge >= 0.3 is 0 Å². The molecule has 1 atom stereocenters. The number of nitrogens with zero attached hydrogens (tertiary/aromatic N) is 2. The average Bonchev–Trinajstić information content (AvgIpc) is 2.53. The molecule has 1 aliphatic rings. The largest absolute Gasteiger partial charge is 0.378 e. The second kappa shape index (κ2) is 7.14. The van der Waals surface area contributed by atoms with Gasteiger partial charge in [-0.3, -0.25) is 14.9 Å². The maximum absolute atomic E-state index is 12.0. The number of carbonyl (C=O) groups is 1. The van der Waals surface area contributed by atoms with E-state index in [1.165, 1.54) is 6.07 Å². The van der Waals surface area contributed by atoms with E-state index in [1.54, 1.807) is 23.1 Å². The lowest BCUT2D eigenvalue weighted by Crippen LogP contribution is -2.45. The average molecular weight is 293 g/mol. The lowest BCUT2D eigenvalue weighted by atomic mass is 10.1. The molecule has 0 spiro atoms. The fourth-order valence-corrected chi connectivity index (χ4v) is 2.29. The number of nitro groups is 1. The van der Waals surface area contributed by atoms with Gasteiger partial charge in [-0.15, -0.1) is 0 Å². The first-order valence-corrected chi connectivity index (χ1v) is 6.92. The minimum absolute atomic E-state index is 0.0104. The smallest absolute Gasteiger partial charge is 0.274 e. The predicted octanol–water partition coefficient (Wildman–Crippen LogP) is 1.10. The number of rotatable bonds is 5. The molecule has 2 rings (SSSR count). The molecule has 0 unspecified atom stereocenters. The Bertz CT molecular complexity index is 515. The molecular weight excluding hydrogens is 274 g/mol. The zero-order valence-corrected chi connectivity index (χ0v) is 11.9. The Hall–Kier alpha value is -1.99. The standard InChI is InChI=1S/C14H19N3O4/c1-11(12-4-2-3-5-13(12)17(19)20)15-10-14(18)16-6-8-21-9-7-16/h2-5,11,15H,6-10H2,1H3/t11-/m1/s1. The van der Waals surface area contributed by atoms with E-state index in [9.17, 15) is 14.9 Å². The monoisotopic (exact) mass is 293 g/mol. The van der Waals surface area contributed by atoms with Gasteiger partial charge in [-0.1, -0.05) is 18.2 Å². The summed E-state index contributed by atoms with van der Waals surface area (Å²) in [7, 11) is 0. The van der Waals surface area contributed by atoms with E-state index in [0.717, 1.165) is 0 Å². The van der Waals surface area contributed by atoms with E-state index in [1.807, 2.05) is 6.92 Å². The van der Waals surface area contributed by atoms with Crippen molar-refractivity contribution in [3.8, 4) is 0 Å². The highest BCUT2D eigenvalue weighted by atomic mass is 16.6. The van der Waals surface area contributed by atoms with Crippen LogP contribution in [0.2, 0.25) is 0 Å². The van der Waals surface area contributed by atoms with Gasteiger partial charge in [0.2, 0.25) is 5.91 Å². The van der Waals surface area contributed by atoms with Gasteiger partial charge in [0.15, 0.2) is 0 Å². The summed E-state index contributed by atoms with van der Waals surface area (Å²) < 4.78 is 5.20. The lowest BCUT2D eigenvalue weighted by molar-refractivity contribution is -0.385.